The van der Waals surface area contributed by atoms with Gasteiger partial charge in [0.15, 0.2) is 11.4 Å². The van der Waals surface area contributed by atoms with Gasteiger partial charge in [0, 0.05) is 38.2 Å². The van der Waals surface area contributed by atoms with Gasteiger partial charge >= 0.3 is 0 Å². The summed E-state index contributed by atoms with van der Waals surface area (Å²) >= 11 is 0. The first-order chi connectivity index (χ1) is 16.8. The number of hydrogen-bond acceptors (Lipinski definition) is 10. The number of likely N-dealkylation sites (N-methyl/N-ethyl adjacent to an activating group) is 1. The minimum atomic E-state index is -2.69. The maximum atomic E-state index is 13.8. The van der Waals surface area contributed by atoms with Crippen LogP contribution in [0.5, 0.6) is 5.75 Å². The summed E-state index contributed by atoms with van der Waals surface area (Å²) in [5, 5.41) is 45.9. The van der Waals surface area contributed by atoms with Crippen molar-refractivity contribution in [2.45, 2.75) is 31.4 Å². The molecule has 0 saturated heterocycles. The smallest absolute Gasteiger partial charge is 0.221 e. The lowest BCUT2D eigenvalue weighted by Gasteiger charge is -2.50. The van der Waals surface area contributed by atoms with Crippen molar-refractivity contribution in [3.63, 3.8) is 0 Å². The molecule has 3 aliphatic rings. The highest BCUT2D eigenvalue weighted by Crippen LogP contribution is 2.53. The van der Waals surface area contributed by atoms with Crippen LogP contribution in [0.4, 0.5) is 11.4 Å². The van der Waals surface area contributed by atoms with Crippen LogP contribution in [-0.2, 0) is 25.6 Å². The molecule has 0 bridgehead atoms. The standard InChI is InChI=1S/C25H29N3O8/c1-10(30)26-15-8-16(27(2)3)12-6-11-7-14-19(28(4)5)20(31)13(9-29)23(34)25(14,36)24(35)17(11)22(33)18(12)21(15)32/h8-9,11,14,19,29,32-33,36H,6-7H2,1-5H3,(H,26,30)/t11?,14?,19-,25+/m0/s1. The monoisotopic (exact) mass is 499 g/mol. The number of amides is 1. The number of hydrogen-bond donors (Lipinski definition) is 5. The van der Waals surface area contributed by atoms with Crippen LogP contribution < -0.4 is 10.2 Å². The second-order valence-electron chi connectivity index (χ2n) is 9.97. The van der Waals surface area contributed by atoms with E-state index in [4.69, 9.17) is 0 Å². The first kappa shape index (κ1) is 25.4. The molecule has 11 nitrogen and oxygen atoms in total. The summed E-state index contributed by atoms with van der Waals surface area (Å²) in [5.41, 5.74) is -2.58. The van der Waals surface area contributed by atoms with E-state index in [-0.39, 0.29) is 29.7 Å². The van der Waals surface area contributed by atoms with Gasteiger partial charge in [0.05, 0.1) is 23.6 Å². The van der Waals surface area contributed by atoms with Crippen molar-refractivity contribution in [3.05, 3.63) is 34.6 Å². The summed E-state index contributed by atoms with van der Waals surface area (Å²) < 4.78 is 0. The zero-order chi connectivity index (χ0) is 26.9. The minimum absolute atomic E-state index is 0.0151. The molecule has 5 N–H and O–H groups in total. The maximum absolute atomic E-state index is 13.8. The molecule has 0 spiro atoms. The largest absolute Gasteiger partial charge is 0.515 e. The van der Waals surface area contributed by atoms with E-state index < -0.39 is 63.8 Å². The van der Waals surface area contributed by atoms with E-state index in [1.807, 2.05) is 0 Å². The van der Waals surface area contributed by atoms with E-state index >= 15 is 0 Å². The number of fused-ring (bicyclic) bond motifs is 3. The van der Waals surface area contributed by atoms with Gasteiger partial charge in [-0.3, -0.25) is 24.1 Å². The van der Waals surface area contributed by atoms with Crippen molar-refractivity contribution in [1.82, 2.24) is 4.90 Å². The molecular weight excluding hydrogens is 470 g/mol. The highest BCUT2D eigenvalue weighted by Gasteiger charge is 2.65. The second-order valence-corrected chi connectivity index (χ2v) is 9.97. The molecule has 36 heavy (non-hydrogen) atoms. The van der Waals surface area contributed by atoms with Gasteiger partial charge in [0.2, 0.25) is 17.5 Å². The predicted molar refractivity (Wildman–Crippen MR) is 130 cm³/mol. The number of carbonyl (C=O) groups excluding carboxylic acids is 4. The maximum Gasteiger partial charge on any atom is 0.221 e. The van der Waals surface area contributed by atoms with Crippen molar-refractivity contribution in [2.24, 2.45) is 11.8 Å². The highest BCUT2D eigenvalue weighted by molar-refractivity contribution is 6.35. The van der Waals surface area contributed by atoms with Crippen molar-refractivity contribution in [3.8, 4) is 5.75 Å². The lowest BCUT2D eigenvalue weighted by molar-refractivity contribution is -0.165. The van der Waals surface area contributed by atoms with Crippen molar-refractivity contribution in [2.75, 3.05) is 38.4 Å². The van der Waals surface area contributed by atoms with Gasteiger partial charge in [-0.05, 0) is 44.5 Å². The van der Waals surface area contributed by atoms with E-state index in [1.165, 1.54) is 11.8 Å². The number of carbonyl (C=O) groups is 4. The Bertz CT molecular complexity index is 1280. The van der Waals surface area contributed by atoms with Crippen LogP contribution in [0.3, 0.4) is 0 Å². The van der Waals surface area contributed by atoms with E-state index in [0.29, 0.717) is 17.5 Å². The van der Waals surface area contributed by atoms with E-state index in [9.17, 15) is 39.6 Å². The lowest BCUT2D eigenvalue weighted by atomic mass is 9.56. The summed E-state index contributed by atoms with van der Waals surface area (Å²) in [5.74, 6) is -6.31. The molecule has 0 aliphatic heterocycles. The summed E-state index contributed by atoms with van der Waals surface area (Å²) in [6, 6.07) is 0.493. The highest BCUT2D eigenvalue weighted by atomic mass is 16.3. The Morgan fingerprint density at radius 1 is 1.14 bits per heavy atom. The van der Waals surface area contributed by atoms with Crippen LogP contribution in [0.15, 0.2) is 23.5 Å². The number of phenolic OH excluding ortho intramolecular Hbond substituents is 1. The lowest BCUT2D eigenvalue weighted by Crippen LogP contribution is -2.69. The predicted octanol–water partition coefficient (Wildman–Crippen LogP) is 0.702. The minimum Gasteiger partial charge on any atom is -0.515 e. The topological polar surface area (TPSA) is 168 Å². The van der Waals surface area contributed by atoms with Crippen LogP contribution in [0.1, 0.15) is 24.5 Å². The Hall–Kier alpha value is -3.70. The number of phenols is 1. The Balaban J connectivity index is 1.97. The van der Waals surface area contributed by atoms with Crippen molar-refractivity contribution in [1.29, 1.82) is 0 Å². The number of benzene rings is 1. The average Bonchev–Trinajstić information content (AvgIpc) is 2.77. The third kappa shape index (κ3) is 3.34. The second kappa shape index (κ2) is 8.45. The SMILES string of the molecule is CC(=O)Nc1cc(N(C)C)c2c(c1O)C(O)=C1C(=O)[C@]3(O)C(=O)C(=CO)C(=O)[C@@H](N(C)C)C3CC1C2. The fraction of sp³-hybridized carbons (Fsp3) is 0.440. The number of rotatable bonds is 3. The average molecular weight is 500 g/mol. The normalized spacial score (nSPS) is 28.7. The zero-order valence-electron chi connectivity index (χ0n) is 20.6. The number of Topliss-reactive ketones (excluding diaryl/α,β-unsaturated/α-hetero) is 3. The molecule has 1 aromatic carbocycles. The Morgan fingerprint density at radius 2 is 1.78 bits per heavy atom. The van der Waals surface area contributed by atoms with Gasteiger partial charge in [-0.15, -0.1) is 0 Å². The molecule has 0 heterocycles. The molecular formula is C25H29N3O8. The van der Waals surface area contributed by atoms with Crippen LogP contribution in [0.2, 0.25) is 0 Å². The molecule has 192 valence electrons. The summed E-state index contributed by atoms with van der Waals surface area (Å²) in [4.78, 5) is 54.9. The van der Waals surface area contributed by atoms with Gasteiger partial charge in [-0.1, -0.05) is 0 Å². The Labute approximate surface area is 207 Å². The quantitative estimate of drug-likeness (QED) is 0.131. The molecule has 1 aromatic rings. The Kier molecular flexibility index (Phi) is 5.96. The summed E-state index contributed by atoms with van der Waals surface area (Å²) in [6.07, 6.45) is 0.481. The van der Waals surface area contributed by atoms with E-state index in [1.54, 1.807) is 39.2 Å². The van der Waals surface area contributed by atoms with Crippen LogP contribution in [-0.4, -0.2) is 88.4 Å². The first-order valence-corrected chi connectivity index (χ1v) is 11.4. The molecule has 2 saturated carbocycles. The molecule has 2 fully saturated rings. The zero-order valence-corrected chi connectivity index (χ0v) is 20.6. The number of ketones is 3. The van der Waals surface area contributed by atoms with Gasteiger partial charge in [0.25, 0.3) is 0 Å². The molecule has 4 rings (SSSR count). The fourth-order valence-corrected chi connectivity index (χ4v) is 5.87. The number of aliphatic hydroxyl groups excluding tert-OH is 2. The first-order valence-electron chi connectivity index (χ1n) is 11.4. The third-order valence-corrected chi connectivity index (χ3v) is 7.38. The molecule has 11 heteroatoms. The summed E-state index contributed by atoms with van der Waals surface area (Å²) in [7, 11) is 6.63. The molecule has 2 unspecified atom stereocenters. The molecule has 3 aliphatic carbocycles. The molecule has 4 atom stereocenters. The van der Waals surface area contributed by atoms with Gasteiger partial charge in [-0.25, -0.2) is 0 Å². The van der Waals surface area contributed by atoms with E-state index in [0.717, 1.165) is 0 Å². The number of aliphatic hydroxyl groups is 3. The van der Waals surface area contributed by atoms with Crippen LogP contribution in [0.25, 0.3) is 5.76 Å². The van der Waals surface area contributed by atoms with Gasteiger partial charge in [0.1, 0.15) is 17.1 Å². The van der Waals surface area contributed by atoms with Gasteiger partial charge in [-0.2, -0.15) is 0 Å². The molecule has 1 amide bonds. The third-order valence-electron chi connectivity index (χ3n) is 7.38. The fourth-order valence-electron chi connectivity index (χ4n) is 5.87. The Morgan fingerprint density at radius 3 is 2.31 bits per heavy atom. The number of anilines is 2. The van der Waals surface area contributed by atoms with E-state index in [2.05, 4.69) is 5.32 Å². The molecule has 0 radical (unpaired) electrons. The summed E-state index contributed by atoms with van der Waals surface area (Å²) in [6.45, 7) is 1.26. The number of nitrogens with zero attached hydrogens (tertiary/aromatic N) is 2. The van der Waals surface area contributed by atoms with Gasteiger partial charge < -0.3 is 30.6 Å². The van der Waals surface area contributed by atoms with Crippen LogP contribution >= 0.6 is 0 Å². The van der Waals surface area contributed by atoms with Crippen molar-refractivity contribution >= 4 is 40.4 Å². The van der Waals surface area contributed by atoms with Crippen LogP contribution in [0, 0.1) is 11.8 Å². The number of nitrogens with one attached hydrogen (secondary N) is 1. The van der Waals surface area contributed by atoms with Crippen molar-refractivity contribution < 1.29 is 39.6 Å². The molecule has 0 aromatic heterocycles. The number of aromatic hydroxyl groups is 1.